The Balaban J connectivity index is 1.31. The van der Waals surface area contributed by atoms with Crippen molar-refractivity contribution in [1.82, 2.24) is 15.0 Å². The summed E-state index contributed by atoms with van der Waals surface area (Å²) in [5, 5.41) is 4.20. The van der Waals surface area contributed by atoms with Gasteiger partial charge in [-0.1, -0.05) is 11.3 Å². The molecule has 3 heterocycles. The lowest BCUT2D eigenvalue weighted by Crippen LogP contribution is -2.53. The van der Waals surface area contributed by atoms with E-state index in [1.165, 1.54) is 29.8 Å². The molecule has 0 saturated heterocycles. The maximum Gasteiger partial charge on any atom is 0.238 e. The van der Waals surface area contributed by atoms with Crippen molar-refractivity contribution in [2.75, 3.05) is 10.2 Å². The van der Waals surface area contributed by atoms with Crippen molar-refractivity contribution in [1.29, 1.82) is 0 Å². The number of fused-ring (bicyclic) bond motifs is 2. The molecule has 0 unspecified atom stereocenters. The largest absolute Gasteiger partial charge is 0.359 e. The fraction of sp³-hybridized carbons (Fsp3) is 0.368. The van der Waals surface area contributed by atoms with E-state index < -0.39 is 5.41 Å². The molecule has 2 aromatic heterocycles. The second-order valence-corrected chi connectivity index (χ2v) is 8.69. The average molecular weight is 383 g/mol. The number of carbonyl (C=O) groups is 1. The van der Waals surface area contributed by atoms with Crippen LogP contribution in [0.5, 0.6) is 0 Å². The van der Waals surface area contributed by atoms with Gasteiger partial charge in [0.1, 0.15) is 18.0 Å². The third-order valence-electron chi connectivity index (χ3n) is 5.50. The van der Waals surface area contributed by atoms with Crippen molar-refractivity contribution in [2.45, 2.75) is 44.2 Å². The second kappa shape index (κ2) is 5.69. The molecule has 8 heteroatoms. The fourth-order valence-corrected chi connectivity index (χ4v) is 4.83. The number of rotatable bonds is 3. The van der Waals surface area contributed by atoms with Gasteiger partial charge in [-0.25, -0.2) is 19.3 Å². The van der Waals surface area contributed by atoms with E-state index in [9.17, 15) is 9.18 Å². The SMILES string of the molecule is CC1(C)C(=O)N([C@H]2C[C@H](Nc3nc4ccc(F)cc4s3)C2)c2ncncc21. The first-order chi connectivity index (χ1) is 12.9. The van der Waals surface area contributed by atoms with E-state index in [4.69, 9.17) is 0 Å². The Bertz CT molecular complexity index is 1060. The van der Waals surface area contributed by atoms with Crippen molar-refractivity contribution in [3.05, 3.63) is 42.1 Å². The number of anilines is 2. The summed E-state index contributed by atoms with van der Waals surface area (Å²) < 4.78 is 14.2. The number of halogens is 1. The number of nitrogens with zero attached hydrogens (tertiary/aromatic N) is 4. The molecule has 0 atom stereocenters. The van der Waals surface area contributed by atoms with Gasteiger partial charge in [0.05, 0.1) is 15.6 Å². The minimum absolute atomic E-state index is 0.0805. The van der Waals surface area contributed by atoms with Crippen molar-refractivity contribution < 1.29 is 9.18 Å². The Morgan fingerprint density at radius 3 is 2.96 bits per heavy atom. The molecule has 27 heavy (non-hydrogen) atoms. The zero-order valence-electron chi connectivity index (χ0n) is 14.9. The highest BCUT2D eigenvalue weighted by Crippen LogP contribution is 2.44. The van der Waals surface area contributed by atoms with Gasteiger partial charge < -0.3 is 5.32 Å². The molecule has 5 rings (SSSR count). The van der Waals surface area contributed by atoms with Crippen molar-refractivity contribution in [3.63, 3.8) is 0 Å². The maximum atomic E-state index is 13.3. The number of hydrogen-bond donors (Lipinski definition) is 1. The lowest BCUT2D eigenvalue weighted by Gasteiger charge is -2.41. The minimum Gasteiger partial charge on any atom is -0.359 e. The molecule has 0 spiro atoms. The molecule has 0 radical (unpaired) electrons. The normalized spacial score (nSPS) is 23.4. The average Bonchev–Trinajstić information content (AvgIpc) is 3.09. The molecule has 1 fully saturated rings. The van der Waals surface area contributed by atoms with Crippen LogP contribution in [-0.2, 0) is 10.2 Å². The zero-order chi connectivity index (χ0) is 18.8. The van der Waals surface area contributed by atoms with Gasteiger partial charge >= 0.3 is 0 Å². The zero-order valence-corrected chi connectivity index (χ0v) is 15.8. The van der Waals surface area contributed by atoms with E-state index in [0.717, 1.165) is 39.6 Å². The number of carbonyl (C=O) groups excluding carboxylic acids is 1. The summed E-state index contributed by atoms with van der Waals surface area (Å²) in [6.07, 6.45) is 4.90. The van der Waals surface area contributed by atoms with Crippen LogP contribution in [-0.4, -0.2) is 32.9 Å². The summed E-state index contributed by atoms with van der Waals surface area (Å²) in [7, 11) is 0. The molecule has 138 valence electrons. The van der Waals surface area contributed by atoms with Crippen LogP contribution in [0.15, 0.2) is 30.7 Å². The van der Waals surface area contributed by atoms with Crippen molar-refractivity contribution >= 4 is 38.4 Å². The quantitative estimate of drug-likeness (QED) is 0.750. The minimum atomic E-state index is -0.591. The van der Waals surface area contributed by atoms with Crippen LogP contribution >= 0.6 is 11.3 Å². The molecule has 1 aromatic carbocycles. The predicted molar refractivity (Wildman–Crippen MR) is 103 cm³/mol. The molecule has 2 aliphatic rings. The summed E-state index contributed by atoms with van der Waals surface area (Å²) >= 11 is 1.45. The van der Waals surface area contributed by atoms with Crippen LogP contribution in [0.1, 0.15) is 32.3 Å². The number of nitrogens with one attached hydrogen (secondary N) is 1. The second-order valence-electron chi connectivity index (χ2n) is 7.66. The molecule has 1 aliphatic heterocycles. The molecular weight excluding hydrogens is 365 g/mol. The Morgan fingerprint density at radius 2 is 2.15 bits per heavy atom. The third kappa shape index (κ3) is 2.50. The Kier molecular flexibility index (Phi) is 3.49. The number of aromatic nitrogens is 3. The number of amides is 1. The molecule has 0 bridgehead atoms. The summed E-state index contributed by atoms with van der Waals surface area (Å²) in [4.78, 5) is 27.7. The lowest BCUT2D eigenvalue weighted by molar-refractivity contribution is -0.122. The van der Waals surface area contributed by atoms with Gasteiger partial charge in [0.2, 0.25) is 5.91 Å². The molecule has 6 nitrogen and oxygen atoms in total. The van der Waals surface area contributed by atoms with Gasteiger partial charge in [-0.2, -0.15) is 0 Å². The molecule has 1 saturated carbocycles. The van der Waals surface area contributed by atoms with Crippen LogP contribution in [0.25, 0.3) is 10.2 Å². The van der Waals surface area contributed by atoms with Gasteiger partial charge in [0, 0.05) is 23.8 Å². The summed E-state index contributed by atoms with van der Waals surface area (Å²) in [6, 6.07) is 4.98. The fourth-order valence-electron chi connectivity index (χ4n) is 3.86. The van der Waals surface area contributed by atoms with Crippen LogP contribution in [0.3, 0.4) is 0 Å². The highest BCUT2D eigenvalue weighted by Gasteiger charge is 2.50. The van der Waals surface area contributed by atoms with Gasteiger partial charge in [-0.15, -0.1) is 0 Å². The Labute approximate surface area is 159 Å². The van der Waals surface area contributed by atoms with Crippen LogP contribution in [0.2, 0.25) is 0 Å². The van der Waals surface area contributed by atoms with E-state index in [2.05, 4.69) is 20.3 Å². The topological polar surface area (TPSA) is 71.0 Å². The lowest BCUT2D eigenvalue weighted by atomic mass is 9.84. The Morgan fingerprint density at radius 1 is 1.33 bits per heavy atom. The van der Waals surface area contributed by atoms with Gasteiger partial charge in [0.15, 0.2) is 5.13 Å². The van der Waals surface area contributed by atoms with E-state index in [-0.39, 0.29) is 23.8 Å². The summed E-state index contributed by atoms with van der Waals surface area (Å²) in [6.45, 7) is 3.85. The molecule has 1 amide bonds. The summed E-state index contributed by atoms with van der Waals surface area (Å²) in [5.41, 5.74) is 1.09. The number of thiazole rings is 1. The standard InChI is InChI=1S/C19H18FN5OS/c1-19(2)13-8-21-9-22-16(13)25(17(19)26)12-6-11(7-12)23-18-24-14-4-3-10(20)5-15(14)27-18/h3-5,8-9,11-12H,6-7H2,1-2H3,(H,23,24)/t11-,12-. The van der Waals surface area contributed by atoms with Crippen LogP contribution in [0, 0.1) is 5.82 Å². The van der Waals surface area contributed by atoms with Crippen molar-refractivity contribution in [2.24, 2.45) is 0 Å². The van der Waals surface area contributed by atoms with E-state index in [0.29, 0.717) is 0 Å². The van der Waals surface area contributed by atoms with E-state index in [1.807, 2.05) is 18.7 Å². The predicted octanol–water partition coefficient (Wildman–Crippen LogP) is 3.49. The van der Waals surface area contributed by atoms with Crippen LogP contribution < -0.4 is 10.2 Å². The monoisotopic (exact) mass is 383 g/mol. The molecule has 1 aliphatic carbocycles. The van der Waals surface area contributed by atoms with Crippen LogP contribution in [0.4, 0.5) is 15.3 Å². The number of hydrogen-bond acceptors (Lipinski definition) is 6. The molecule has 1 N–H and O–H groups in total. The van der Waals surface area contributed by atoms with E-state index in [1.54, 1.807) is 12.3 Å². The van der Waals surface area contributed by atoms with Gasteiger partial charge in [-0.05, 0) is 44.9 Å². The molecule has 3 aromatic rings. The van der Waals surface area contributed by atoms with Crippen molar-refractivity contribution in [3.8, 4) is 0 Å². The smallest absolute Gasteiger partial charge is 0.238 e. The first-order valence-electron chi connectivity index (χ1n) is 8.90. The number of benzene rings is 1. The first kappa shape index (κ1) is 16.6. The van der Waals surface area contributed by atoms with Gasteiger partial charge in [-0.3, -0.25) is 9.69 Å². The first-order valence-corrected chi connectivity index (χ1v) is 9.72. The van der Waals surface area contributed by atoms with Gasteiger partial charge in [0.25, 0.3) is 0 Å². The Hall–Kier alpha value is -2.61. The third-order valence-corrected chi connectivity index (χ3v) is 6.45. The highest BCUT2D eigenvalue weighted by atomic mass is 32.1. The van der Waals surface area contributed by atoms with E-state index >= 15 is 0 Å². The molecular formula is C19H18FN5OS. The summed E-state index contributed by atoms with van der Waals surface area (Å²) in [5.74, 6) is 0.563. The highest BCUT2D eigenvalue weighted by molar-refractivity contribution is 7.22. The maximum absolute atomic E-state index is 13.3.